The molecule has 6 nitrogen and oxygen atoms in total. The van der Waals surface area contributed by atoms with E-state index in [-0.39, 0.29) is 12.3 Å². The molecule has 0 radical (unpaired) electrons. The van der Waals surface area contributed by atoms with Crippen molar-refractivity contribution in [1.82, 2.24) is 4.98 Å². The van der Waals surface area contributed by atoms with Crippen LogP contribution in [0.4, 0.5) is 0 Å². The van der Waals surface area contributed by atoms with E-state index in [1.807, 2.05) is 6.07 Å². The molecule has 2 rings (SSSR count). The van der Waals surface area contributed by atoms with Crippen LogP contribution in [0.15, 0.2) is 30.3 Å². The van der Waals surface area contributed by atoms with Crippen LogP contribution in [0.2, 0.25) is 0 Å². The quantitative estimate of drug-likeness (QED) is 0.873. The summed E-state index contributed by atoms with van der Waals surface area (Å²) in [6, 6.07) is 8.56. The van der Waals surface area contributed by atoms with Crippen molar-refractivity contribution in [2.75, 3.05) is 6.61 Å². The van der Waals surface area contributed by atoms with Crippen LogP contribution in [0, 0.1) is 0 Å². The molecule has 1 amide bonds. The van der Waals surface area contributed by atoms with Gasteiger partial charge in [0.2, 0.25) is 0 Å². The molecule has 0 bridgehead atoms. The molecule has 2 aromatic rings. The Labute approximate surface area is 128 Å². The van der Waals surface area contributed by atoms with Crippen molar-refractivity contribution in [2.24, 2.45) is 5.73 Å². The average Bonchev–Trinajstić information content (AvgIpc) is 2.42. The summed E-state index contributed by atoms with van der Waals surface area (Å²) in [6.07, 6.45) is 0. The number of nitrogens with two attached hydrogens (primary N) is 1. The zero-order chi connectivity index (χ0) is 16.3. The highest BCUT2D eigenvalue weighted by Gasteiger charge is 2.17. The van der Waals surface area contributed by atoms with Gasteiger partial charge in [-0.05, 0) is 32.9 Å². The summed E-state index contributed by atoms with van der Waals surface area (Å²) in [7, 11) is 0. The van der Waals surface area contributed by atoms with Gasteiger partial charge in [-0.15, -0.1) is 0 Å². The monoisotopic (exact) mass is 302 g/mol. The minimum absolute atomic E-state index is 0.0814. The van der Waals surface area contributed by atoms with Crippen LogP contribution in [0.1, 0.15) is 31.3 Å². The van der Waals surface area contributed by atoms with E-state index in [0.717, 1.165) is 0 Å². The number of carbonyl (C=O) groups is 2. The van der Waals surface area contributed by atoms with Gasteiger partial charge in [0.15, 0.2) is 6.61 Å². The zero-order valence-electron chi connectivity index (χ0n) is 12.8. The fourth-order valence-electron chi connectivity index (χ4n) is 1.90. The van der Waals surface area contributed by atoms with Gasteiger partial charge in [0.25, 0.3) is 5.91 Å². The van der Waals surface area contributed by atoms with Gasteiger partial charge in [-0.25, -0.2) is 9.78 Å². The maximum atomic E-state index is 11.7. The van der Waals surface area contributed by atoms with Crippen molar-refractivity contribution in [3.63, 3.8) is 0 Å². The predicted octanol–water partition coefficient (Wildman–Crippen LogP) is 2.05. The van der Waals surface area contributed by atoms with Crippen molar-refractivity contribution in [1.29, 1.82) is 0 Å². The van der Waals surface area contributed by atoms with E-state index in [4.69, 9.17) is 15.2 Å². The Balaban J connectivity index is 2.26. The lowest BCUT2D eigenvalue weighted by molar-refractivity contribution is -0.157. The Hall–Kier alpha value is -2.63. The number of fused-ring (bicyclic) bond motifs is 1. The fraction of sp³-hybridized carbons (Fsp3) is 0.312. The molecule has 22 heavy (non-hydrogen) atoms. The standard InChI is InChI=1S/C16H18N2O4/c1-16(2,3)22-14(19)9-21-13-8-12(15(17)20)18-11-7-5-4-6-10(11)13/h4-8H,9H2,1-3H3,(H2,17,20). The third kappa shape index (κ3) is 3.94. The summed E-state index contributed by atoms with van der Waals surface area (Å²) < 4.78 is 10.7. The van der Waals surface area contributed by atoms with Gasteiger partial charge in [0.05, 0.1) is 5.52 Å². The first-order valence-electron chi connectivity index (χ1n) is 6.80. The van der Waals surface area contributed by atoms with Crippen LogP contribution in [0.3, 0.4) is 0 Å². The summed E-state index contributed by atoms with van der Waals surface area (Å²) in [5, 5.41) is 0.691. The van der Waals surface area contributed by atoms with Crippen LogP contribution in [-0.4, -0.2) is 29.1 Å². The largest absolute Gasteiger partial charge is 0.481 e. The number of esters is 1. The molecule has 2 N–H and O–H groups in total. The third-order valence-electron chi connectivity index (χ3n) is 2.70. The molecule has 1 aromatic heterocycles. The predicted molar refractivity (Wildman–Crippen MR) is 81.6 cm³/mol. The summed E-state index contributed by atoms with van der Waals surface area (Å²) >= 11 is 0. The second-order valence-corrected chi connectivity index (χ2v) is 5.76. The van der Waals surface area contributed by atoms with Crippen molar-refractivity contribution < 1.29 is 19.1 Å². The Morgan fingerprint density at radius 3 is 2.55 bits per heavy atom. The molecule has 0 fully saturated rings. The fourth-order valence-corrected chi connectivity index (χ4v) is 1.90. The number of pyridine rings is 1. The van der Waals surface area contributed by atoms with E-state index in [1.165, 1.54) is 6.07 Å². The molecular weight excluding hydrogens is 284 g/mol. The van der Waals surface area contributed by atoms with Crippen LogP contribution >= 0.6 is 0 Å². The molecule has 0 unspecified atom stereocenters. The average molecular weight is 302 g/mol. The number of benzene rings is 1. The summed E-state index contributed by atoms with van der Waals surface area (Å²) in [6.45, 7) is 5.07. The van der Waals surface area contributed by atoms with Crippen LogP contribution < -0.4 is 10.5 Å². The van der Waals surface area contributed by atoms with Gasteiger partial charge in [0, 0.05) is 11.5 Å². The van der Waals surface area contributed by atoms with Gasteiger partial charge in [-0.1, -0.05) is 12.1 Å². The van der Waals surface area contributed by atoms with Gasteiger partial charge in [-0.3, -0.25) is 4.79 Å². The number of hydrogen-bond acceptors (Lipinski definition) is 5. The Kier molecular flexibility index (Phi) is 4.30. The van der Waals surface area contributed by atoms with Crippen molar-refractivity contribution >= 4 is 22.8 Å². The third-order valence-corrected chi connectivity index (χ3v) is 2.70. The number of rotatable bonds is 4. The topological polar surface area (TPSA) is 91.5 Å². The summed E-state index contributed by atoms with van der Waals surface area (Å²) in [5.74, 6) is -0.785. The number of ether oxygens (including phenoxy) is 2. The Morgan fingerprint density at radius 1 is 1.23 bits per heavy atom. The van der Waals surface area contributed by atoms with E-state index >= 15 is 0 Å². The number of primary amides is 1. The molecule has 0 aliphatic carbocycles. The highest BCUT2D eigenvalue weighted by atomic mass is 16.6. The van der Waals surface area contributed by atoms with Gasteiger partial charge in [0.1, 0.15) is 17.0 Å². The maximum Gasteiger partial charge on any atom is 0.344 e. The summed E-state index contributed by atoms with van der Waals surface area (Å²) in [4.78, 5) is 27.2. The summed E-state index contributed by atoms with van der Waals surface area (Å²) in [5.41, 5.74) is 5.33. The smallest absolute Gasteiger partial charge is 0.344 e. The van der Waals surface area contributed by atoms with E-state index in [0.29, 0.717) is 16.7 Å². The number of para-hydroxylation sites is 1. The Bertz CT molecular complexity index is 720. The minimum Gasteiger partial charge on any atom is -0.481 e. The van der Waals surface area contributed by atoms with Crippen molar-refractivity contribution in [3.05, 3.63) is 36.0 Å². The van der Waals surface area contributed by atoms with Crippen LogP contribution in [0.5, 0.6) is 5.75 Å². The molecule has 0 atom stereocenters. The Morgan fingerprint density at radius 2 is 1.91 bits per heavy atom. The number of hydrogen-bond donors (Lipinski definition) is 1. The minimum atomic E-state index is -0.659. The molecule has 0 saturated carbocycles. The van der Waals surface area contributed by atoms with Gasteiger partial charge >= 0.3 is 5.97 Å². The molecular formula is C16H18N2O4. The first-order valence-corrected chi connectivity index (χ1v) is 6.80. The van der Waals surface area contributed by atoms with Crippen LogP contribution in [0.25, 0.3) is 10.9 Å². The first kappa shape index (κ1) is 15.8. The maximum absolute atomic E-state index is 11.7. The van der Waals surface area contributed by atoms with E-state index in [1.54, 1.807) is 39.0 Å². The van der Waals surface area contributed by atoms with E-state index in [9.17, 15) is 9.59 Å². The van der Waals surface area contributed by atoms with Gasteiger partial charge in [-0.2, -0.15) is 0 Å². The second kappa shape index (κ2) is 6.01. The molecule has 1 aromatic carbocycles. The molecule has 116 valence electrons. The van der Waals surface area contributed by atoms with Crippen molar-refractivity contribution in [2.45, 2.75) is 26.4 Å². The SMILES string of the molecule is CC(C)(C)OC(=O)COc1cc(C(N)=O)nc2ccccc12. The number of aromatic nitrogens is 1. The van der Waals surface area contributed by atoms with Crippen LogP contribution in [-0.2, 0) is 9.53 Å². The highest BCUT2D eigenvalue weighted by Crippen LogP contribution is 2.25. The lowest BCUT2D eigenvalue weighted by Crippen LogP contribution is -2.27. The molecule has 0 aliphatic rings. The van der Waals surface area contributed by atoms with E-state index < -0.39 is 17.5 Å². The first-order chi connectivity index (χ1) is 10.3. The molecule has 6 heteroatoms. The molecule has 0 spiro atoms. The highest BCUT2D eigenvalue weighted by molar-refractivity contribution is 5.96. The molecule has 1 heterocycles. The lowest BCUT2D eigenvalue weighted by atomic mass is 10.2. The number of nitrogens with zero attached hydrogens (tertiary/aromatic N) is 1. The van der Waals surface area contributed by atoms with Gasteiger partial charge < -0.3 is 15.2 Å². The molecule has 0 saturated heterocycles. The number of carbonyl (C=O) groups excluding carboxylic acids is 2. The zero-order valence-corrected chi connectivity index (χ0v) is 12.8. The van der Waals surface area contributed by atoms with E-state index in [2.05, 4.69) is 4.98 Å². The normalized spacial score (nSPS) is 11.2. The second-order valence-electron chi connectivity index (χ2n) is 5.76. The lowest BCUT2D eigenvalue weighted by Gasteiger charge is -2.19. The number of amides is 1. The molecule has 0 aliphatic heterocycles. The van der Waals surface area contributed by atoms with Crippen molar-refractivity contribution in [3.8, 4) is 5.75 Å².